The van der Waals surface area contributed by atoms with Crippen molar-refractivity contribution in [3.63, 3.8) is 0 Å². The van der Waals surface area contributed by atoms with Gasteiger partial charge in [0.2, 0.25) is 0 Å². The van der Waals surface area contributed by atoms with Crippen molar-refractivity contribution in [2.75, 3.05) is 71.8 Å². The van der Waals surface area contributed by atoms with Crippen LogP contribution in [0.15, 0.2) is 0 Å². The molecule has 10 nitrogen and oxygen atoms in total. The van der Waals surface area contributed by atoms with Crippen LogP contribution in [0.4, 0.5) is 9.59 Å². The van der Waals surface area contributed by atoms with Crippen molar-refractivity contribution < 1.29 is 66.0 Å². The van der Waals surface area contributed by atoms with Crippen molar-refractivity contribution in [2.24, 2.45) is 0 Å². The van der Waals surface area contributed by atoms with Crippen LogP contribution in [0.3, 0.4) is 0 Å². The van der Waals surface area contributed by atoms with Crippen LogP contribution >= 0.6 is 21.6 Å². The van der Waals surface area contributed by atoms with E-state index in [2.05, 4.69) is 55.5 Å². The number of ether oxygens (including phenoxy) is 5. The Morgan fingerprint density at radius 3 is 2.21 bits per heavy atom. The summed E-state index contributed by atoms with van der Waals surface area (Å²) < 4.78 is 26.8. The van der Waals surface area contributed by atoms with Crippen molar-refractivity contribution in [2.45, 2.75) is 64.7 Å². The molecule has 0 aliphatic rings. The van der Waals surface area contributed by atoms with Gasteiger partial charge in [-0.3, -0.25) is 5.92 Å². The Morgan fingerprint density at radius 2 is 1.51 bits per heavy atom. The van der Waals surface area contributed by atoms with Gasteiger partial charge in [0.05, 0.1) is 39.6 Å². The molecule has 3 N–H and O–H groups in total. The SMILES string of the molecule is C[CH-]C#CCNC(=O)OCCCCOCSSC(C)(C)CCOC(=O)NCCOCCOCCNC(C)C.[Y]. The van der Waals surface area contributed by atoms with Crippen LogP contribution in [0.1, 0.15) is 53.9 Å². The first-order valence-corrected chi connectivity index (χ1v) is 15.4. The van der Waals surface area contributed by atoms with E-state index in [0.717, 1.165) is 25.8 Å². The van der Waals surface area contributed by atoms with Gasteiger partial charge in [-0.05, 0) is 39.7 Å². The molecule has 1 radical (unpaired) electrons. The molecule has 0 bridgehead atoms. The molecule has 0 spiro atoms. The summed E-state index contributed by atoms with van der Waals surface area (Å²) in [5, 5.41) is 8.52. The van der Waals surface area contributed by atoms with Gasteiger partial charge < -0.3 is 45.6 Å². The summed E-state index contributed by atoms with van der Waals surface area (Å²) in [6, 6.07) is 0.455. The maximum absolute atomic E-state index is 11.8. The molecule has 0 aromatic rings. The number of carbonyl (C=O) groups is 2. The first-order chi connectivity index (χ1) is 18.3. The smallest absolute Gasteiger partial charge is 0.407 e. The first-order valence-electron chi connectivity index (χ1n) is 13.1. The largest absolute Gasteiger partial charge is 0.450 e. The number of unbranched alkanes of at least 4 members (excludes halogenated alkanes) is 1. The quantitative estimate of drug-likeness (QED) is 0.0486. The molecule has 0 fully saturated rings. The molecular weight excluding hydrogens is 619 g/mol. The zero-order valence-corrected chi connectivity index (χ0v) is 28.8. The van der Waals surface area contributed by atoms with Gasteiger partial charge in [0.15, 0.2) is 0 Å². The number of hydrogen-bond donors (Lipinski definition) is 3. The molecule has 13 heteroatoms. The zero-order chi connectivity index (χ0) is 28.3. The van der Waals surface area contributed by atoms with Crippen LogP contribution in [0.25, 0.3) is 0 Å². The normalized spacial score (nSPS) is 10.7. The van der Waals surface area contributed by atoms with E-state index in [1.54, 1.807) is 28.0 Å². The van der Waals surface area contributed by atoms with Gasteiger partial charge in [0.1, 0.15) is 5.94 Å². The van der Waals surface area contributed by atoms with Crippen molar-refractivity contribution in [1.82, 2.24) is 16.0 Å². The molecule has 0 saturated heterocycles. The van der Waals surface area contributed by atoms with E-state index in [1.807, 2.05) is 6.92 Å². The monoisotopic (exact) mass is 667 g/mol. The fraction of sp³-hybridized carbons (Fsp3) is 0.808. The van der Waals surface area contributed by atoms with E-state index >= 15 is 0 Å². The summed E-state index contributed by atoms with van der Waals surface area (Å²) >= 11 is 0. The molecule has 2 amide bonds. The summed E-state index contributed by atoms with van der Waals surface area (Å²) in [6.07, 6.45) is 3.09. The van der Waals surface area contributed by atoms with Crippen LogP contribution in [-0.2, 0) is 56.4 Å². The first kappa shape index (κ1) is 40.8. The second kappa shape index (κ2) is 29.1. The van der Waals surface area contributed by atoms with Crippen molar-refractivity contribution in [1.29, 1.82) is 0 Å². The molecule has 0 saturated carbocycles. The van der Waals surface area contributed by atoms with Crippen LogP contribution < -0.4 is 16.0 Å². The van der Waals surface area contributed by atoms with Crippen LogP contribution in [0, 0.1) is 18.3 Å². The number of rotatable bonds is 23. The van der Waals surface area contributed by atoms with Gasteiger partial charge in [-0.1, -0.05) is 35.4 Å². The predicted octanol–water partition coefficient (Wildman–Crippen LogP) is 4.00. The van der Waals surface area contributed by atoms with E-state index in [-0.39, 0.29) is 44.0 Å². The number of alkyl carbamates (subject to hydrolysis) is 2. The molecule has 0 aromatic heterocycles. The Labute approximate surface area is 268 Å². The minimum Gasteiger partial charge on any atom is -0.450 e. The topological polar surface area (TPSA) is 116 Å². The van der Waals surface area contributed by atoms with Gasteiger partial charge in [0.25, 0.3) is 0 Å². The Bertz CT molecular complexity index is 665. The molecule has 0 atom stereocenters. The third kappa shape index (κ3) is 32.0. The Hall–Kier alpha value is -0.386. The van der Waals surface area contributed by atoms with Gasteiger partial charge >= 0.3 is 12.2 Å². The minimum atomic E-state index is -0.455. The average Bonchev–Trinajstić information content (AvgIpc) is 2.86. The molecule has 39 heavy (non-hydrogen) atoms. The predicted molar refractivity (Wildman–Crippen MR) is 155 cm³/mol. The third-order valence-corrected chi connectivity index (χ3v) is 7.56. The second-order valence-electron chi connectivity index (χ2n) is 8.94. The zero-order valence-electron chi connectivity index (χ0n) is 24.3. The standard InChI is InChI=1S/C26H48N3O7S2.Y/c1-6-7-8-12-28-24(30)35-16-10-9-15-34-22-37-38-26(4,5)11-17-36-25(31)29-14-19-33-21-20-32-18-13-27-23(2)3;/h6,23,27H,9-22H2,1-5H3,(H,28,30)(H,29,31);/q-1;. The third-order valence-electron chi connectivity index (χ3n) is 4.52. The fourth-order valence-corrected chi connectivity index (χ4v) is 4.79. The van der Waals surface area contributed by atoms with Gasteiger partial charge in [-0.15, -0.1) is 6.92 Å². The van der Waals surface area contributed by atoms with Gasteiger partial charge in [-0.2, -0.15) is 6.42 Å². The fourth-order valence-electron chi connectivity index (χ4n) is 2.52. The Kier molecular flexibility index (Phi) is 30.4. The molecule has 0 aromatic carbocycles. The van der Waals surface area contributed by atoms with E-state index in [9.17, 15) is 9.59 Å². The van der Waals surface area contributed by atoms with Crippen LogP contribution in [-0.4, -0.2) is 94.8 Å². The van der Waals surface area contributed by atoms with Gasteiger partial charge in [-0.25, -0.2) is 9.59 Å². The summed E-state index contributed by atoms with van der Waals surface area (Å²) in [7, 11) is 3.33. The van der Waals surface area contributed by atoms with Crippen LogP contribution in [0.2, 0.25) is 0 Å². The molecular formula is C26H48N3O7S2Y-. The summed E-state index contributed by atoms with van der Waals surface area (Å²) in [4.78, 5) is 23.2. The number of nitrogens with one attached hydrogen (secondary N) is 3. The maximum Gasteiger partial charge on any atom is 0.407 e. The minimum absolute atomic E-state index is 0. The van der Waals surface area contributed by atoms with E-state index < -0.39 is 12.2 Å². The number of amides is 2. The molecule has 0 rings (SSSR count). The summed E-state index contributed by atoms with van der Waals surface area (Å²) in [6.45, 7) is 15.1. The van der Waals surface area contributed by atoms with Crippen molar-refractivity contribution in [3.05, 3.63) is 6.42 Å². The molecule has 0 unspecified atom stereocenters. The maximum atomic E-state index is 11.8. The summed E-state index contributed by atoms with van der Waals surface area (Å²) in [5.41, 5.74) is 0. The van der Waals surface area contributed by atoms with Crippen LogP contribution in [0.5, 0.6) is 0 Å². The van der Waals surface area contributed by atoms with Gasteiger partial charge in [0, 0.05) is 63.2 Å². The molecule has 225 valence electrons. The number of hydrogen-bond acceptors (Lipinski definition) is 10. The van der Waals surface area contributed by atoms with Crippen molar-refractivity contribution in [3.8, 4) is 11.8 Å². The average molecular weight is 668 g/mol. The summed E-state index contributed by atoms with van der Waals surface area (Å²) in [5.74, 6) is 6.08. The Morgan fingerprint density at radius 1 is 0.872 bits per heavy atom. The molecule has 0 heterocycles. The van der Waals surface area contributed by atoms with E-state index in [1.165, 1.54) is 0 Å². The van der Waals surface area contributed by atoms with E-state index in [4.69, 9.17) is 23.7 Å². The number of carbonyl (C=O) groups excluding carboxylic acids is 2. The Balaban J connectivity index is 0. The second-order valence-corrected chi connectivity index (χ2v) is 11.9. The van der Waals surface area contributed by atoms with E-state index in [0.29, 0.717) is 64.8 Å². The molecule has 0 aliphatic carbocycles. The molecule has 0 aliphatic heterocycles. The van der Waals surface area contributed by atoms with Crippen molar-refractivity contribution >= 4 is 33.8 Å².